The van der Waals surface area contributed by atoms with Crippen LogP contribution in [0.2, 0.25) is 0 Å². The highest BCUT2D eigenvalue weighted by Crippen LogP contribution is 2.16. The van der Waals surface area contributed by atoms with Crippen LogP contribution in [0.15, 0.2) is 52.3 Å². The van der Waals surface area contributed by atoms with Crippen molar-refractivity contribution in [3.8, 4) is 0 Å². The summed E-state index contributed by atoms with van der Waals surface area (Å²) in [5.74, 6) is -0.259. The number of fused-ring (bicyclic) bond motifs is 1. The Morgan fingerprint density at radius 3 is 2.31 bits per heavy atom. The van der Waals surface area contributed by atoms with Gasteiger partial charge in [-0.05, 0) is 39.3 Å². The van der Waals surface area contributed by atoms with Gasteiger partial charge in [-0.25, -0.2) is 9.78 Å². The highest BCUT2D eigenvalue weighted by molar-refractivity contribution is 5.97. The Bertz CT molecular complexity index is 1420. The van der Waals surface area contributed by atoms with E-state index in [9.17, 15) is 14.4 Å². The fourth-order valence-electron chi connectivity index (χ4n) is 4.33. The van der Waals surface area contributed by atoms with Crippen molar-refractivity contribution < 1.29 is 4.79 Å². The number of ketones is 1. The third kappa shape index (κ3) is 3.51. The summed E-state index contributed by atoms with van der Waals surface area (Å²) in [5.41, 5.74) is 2.89. The van der Waals surface area contributed by atoms with Gasteiger partial charge in [0.25, 0.3) is 5.56 Å². The van der Waals surface area contributed by atoms with Gasteiger partial charge in [0.15, 0.2) is 16.9 Å². The zero-order valence-corrected chi connectivity index (χ0v) is 18.8. The van der Waals surface area contributed by atoms with Crippen LogP contribution in [-0.2, 0) is 26.2 Å². The fraction of sp³-hybridized carbons (Fsp3) is 0.333. The van der Waals surface area contributed by atoms with Crippen molar-refractivity contribution in [2.45, 2.75) is 53.9 Å². The Balaban J connectivity index is 1.87. The van der Waals surface area contributed by atoms with Gasteiger partial charge in [0.2, 0.25) is 0 Å². The van der Waals surface area contributed by atoms with Gasteiger partial charge in [-0.2, -0.15) is 0 Å². The first-order chi connectivity index (χ1) is 15.4. The lowest BCUT2D eigenvalue weighted by molar-refractivity contribution is 0.0968. The largest absolute Gasteiger partial charge is 0.349 e. The Kier molecular flexibility index (Phi) is 5.69. The predicted octanol–water partition coefficient (Wildman–Crippen LogP) is 2.75. The summed E-state index contributed by atoms with van der Waals surface area (Å²) in [5, 5.41) is 0. The van der Waals surface area contributed by atoms with E-state index >= 15 is 0 Å². The smallest absolute Gasteiger partial charge is 0.333 e. The number of nitrogens with zero attached hydrogens (tertiary/aromatic N) is 5. The van der Waals surface area contributed by atoms with Crippen molar-refractivity contribution in [2.24, 2.45) is 0 Å². The maximum Gasteiger partial charge on any atom is 0.333 e. The van der Waals surface area contributed by atoms with E-state index in [1.54, 1.807) is 10.9 Å². The summed E-state index contributed by atoms with van der Waals surface area (Å²) in [7, 11) is 0. The lowest BCUT2D eigenvalue weighted by Gasteiger charge is -2.12. The molecule has 1 aromatic carbocycles. The van der Waals surface area contributed by atoms with Gasteiger partial charge in [-0.1, -0.05) is 30.3 Å². The number of benzene rings is 1. The number of rotatable bonds is 7. The average Bonchev–Trinajstić information content (AvgIpc) is 3.35. The van der Waals surface area contributed by atoms with Crippen LogP contribution in [0.25, 0.3) is 11.2 Å². The molecule has 0 unspecified atom stereocenters. The molecule has 0 atom stereocenters. The molecule has 0 radical (unpaired) electrons. The molecule has 0 fully saturated rings. The van der Waals surface area contributed by atoms with Gasteiger partial charge in [-0.15, -0.1) is 0 Å². The molecule has 0 saturated carbocycles. The van der Waals surface area contributed by atoms with E-state index in [2.05, 4.69) is 4.98 Å². The van der Waals surface area contributed by atoms with E-state index in [-0.39, 0.29) is 18.9 Å². The number of carbonyl (C=O) groups excluding carboxylic acids is 1. The minimum Gasteiger partial charge on any atom is -0.349 e. The predicted molar refractivity (Wildman–Crippen MR) is 123 cm³/mol. The minimum atomic E-state index is -0.537. The van der Waals surface area contributed by atoms with E-state index in [0.29, 0.717) is 23.3 Å². The third-order valence-electron chi connectivity index (χ3n) is 6.00. The van der Waals surface area contributed by atoms with Crippen LogP contribution >= 0.6 is 0 Å². The Morgan fingerprint density at radius 2 is 1.69 bits per heavy atom. The first-order valence-corrected chi connectivity index (χ1v) is 10.8. The van der Waals surface area contributed by atoms with Crippen LogP contribution in [0.3, 0.4) is 0 Å². The van der Waals surface area contributed by atoms with Crippen molar-refractivity contribution in [1.82, 2.24) is 23.3 Å². The van der Waals surface area contributed by atoms with Crippen LogP contribution in [-0.4, -0.2) is 29.0 Å². The Hall–Kier alpha value is -3.68. The van der Waals surface area contributed by atoms with Crippen LogP contribution in [0, 0.1) is 13.8 Å². The number of Topliss-reactive ketones (excluding diaryl/α,β-unsaturated/α-hetero) is 1. The van der Waals surface area contributed by atoms with Crippen molar-refractivity contribution in [3.63, 3.8) is 0 Å². The second kappa shape index (κ2) is 8.45. The second-order valence-electron chi connectivity index (χ2n) is 7.90. The van der Waals surface area contributed by atoms with Crippen LogP contribution in [0.4, 0.5) is 0 Å². The first-order valence-electron chi connectivity index (χ1n) is 10.8. The zero-order chi connectivity index (χ0) is 23.0. The van der Waals surface area contributed by atoms with Gasteiger partial charge in [0.1, 0.15) is 0 Å². The topological polar surface area (TPSA) is 83.8 Å². The van der Waals surface area contributed by atoms with E-state index in [4.69, 9.17) is 0 Å². The highest BCUT2D eigenvalue weighted by atomic mass is 16.2. The number of hydrogen-bond donors (Lipinski definition) is 0. The molecular weight excluding hydrogens is 406 g/mol. The molecule has 3 heterocycles. The molecule has 0 aliphatic carbocycles. The maximum absolute atomic E-state index is 13.4. The quantitative estimate of drug-likeness (QED) is 0.420. The van der Waals surface area contributed by atoms with Gasteiger partial charge in [0, 0.05) is 30.0 Å². The lowest BCUT2D eigenvalue weighted by atomic mass is 10.1. The number of carbonyl (C=O) groups is 1. The molecule has 8 heteroatoms. The van der Waals surface area contributed by atoms with Crippen LogP contribution in [0.5, 0.6) is 0 Å². The van der Waals surface area contributed by atoms with Crippen molar-refractivity contribution >= 4 is 16.9 Å². The molecule has 0 N–H and O–H groups in total. The molecule has 8 nitrogen and oxygen atoms in total. The lowest BCUT2D eigenvalue weighted by Crippen LogP contribution is -2.42. The Labute approximate surface area is 185 Å². The van der Waals surface area contributed by atoms with Crippen molar-refractivity contribution in [2.75, 3.05) is 0 Å². The molecule has 166 valence electrons. The molecule has 0 aliphatic rings. The molecule has 0 amide bonds. The maximum atomic E-state index is 13.4. The molecule has 3 aromatic heterocycles. The fourth-order valence-corrected chi connectivity index (χ4v) is 4.33. The number of aryl methyl sites for hydroxylation is 2. The molecule has 0 bridgehead atoms. The molecule has 4 rings (SSSR count). The number of hydrogen-bond acceptors (Lipinski definition) is 4. The highest BCUT2D eigenvalue weighted by Gasteiger charge is 2.22. The monoisotopic (exact) mass is 433 g/mol. The summed E-state index contributed by atoms with van der Waals surface area (Å²) in [6.45, 7) is 8.97. The van der Waals surface area contributed by atoms with Crippen molar-refractivity contribution in [3.05, 3.63) is 86.1 Å². The standard InChI is InChI=1S/C24H27N5O3/c1-5-26-15-25-22-21(26)23(31)29(24(32)28(22)13-18-10-8-7-9-11-18)14-20(30)19-12-16(3)27(6-2)17(19)4/h7-12,15H,5-6,13-14H2,1-4H3. The SMILES string of the molecule is CCn1c(C)cc(C(=O)Cn2c(=O)c3c(ncn3CC)n(Cc3ccccc3)c2=O)c1C. The van der Waals surface area contributed by atoms with Crippen molar-refractivity contribution in [1.29, 1.82) is 0 Å². The van der Waals surface area contributed by atoms with Gasteiger partial charge in [0.05, 0.1) is 19.4 Å². The summed E-state index contributed by atoms with van der Waals surface area (Å²) >= 11 is 0. The third-order valence-corrected chi connectivity index (χ3v) is 6.00. The summed E-state index contributed by atoms with van der Waals surface area (Å²) < 4.78 is 6.27. The molecular formula is C24H27N5O3. The molecule has 32 heavy (non-hydrogen) atoms. The first kappa shape index (κ1) is 21.5. The summed E-state index contributed by atoms with van der Waals surface area (Å²) in [4.78, 5) is 44.2. The minimum absolute atomic E-state index is 0.259. The van der Waals surface area contributed by atoms with E-state index in [1.165, 1.54) is 4.57 Å². The average molecular weight is 434 g/mol. The number of imidazole rings is 1. The Morgan fingerprint density at radius 1 is 0.969 bits per heavy atom. The van der Waals surface area contributed by atoms with E-state index < -0.39 is 11.2 Å². The second-order valence-corrected chi connectivity index (χ2v) is 7.90. The molecule has 4 aromatic rings. The van der Waals surface area contributed by atoms with Crippen LogP contribution in [0.1, 0.15) is 41.2 Å². The normalized spacial score (nSPS) is 11.4. The zero-order valence-electron chi connectivity index (χ0n) is 18.8. The van der Waals surface area contributed by atoms with Gasteiger partial charge in [-0.3, -0.25) is 18.7 Å². The van der Waals surface area contributed by atoms with E-state index in [0.717, 1.165) is 28.1 Å². The number of aromatic nitrogens is 5. The van der Waals surface area contributed by atoms with E-state index in [1.807, 2.05) is 68.7 Å². The molecule has 0 aliphatic heterocycles. The summed E-state index contributed by atoms with van der Waals surface area (Å²) in [6, 6.07) is 11.3. The molecule has 0 spiro atoms. The molecule has 0 saturated heterocycles. The van der Waals surface area contributed by atoms with Gasteiger partial charge >= 0.3 is 5.69 Å². The van der Waals surface area contributed by atoms with Crippen LogP contribution < -0.4 is 11.2 Å². The summed E-state index contributed by atoms with van der Waals surface area (Å²) in [6.07, 6.45) is 1.56. The van der Waals surface area contributed by atoms with Gasteiger partial charge < -0.3 is 9.13 Å².